The highest BCUT2D eigenvalue weighted by atomic mass is 16.5. The summed E-state index contributed by atoms with van der Waals surface area (Å²) < 4.78 is 15.1. The van der Waals surface area contributed by atoms with E-state index in [0.29, 0.717) is 28.4 Å². The van der Waals surface area contributed by atoms with E-state index in [1.807, 2.05) is 0 Å². The van der Waals surface area contributed by atoms with E-state index in [1.165, 1.54) is 14.2 Å². The zero-order valence-corrected chi connectivity index (χ0v) is 8.07. The van der Waals surface area contributed by atoms with Gasteiger partial charge in [-0.1, -0.05) is 5.16 Å². The Bertz CT molecular complexity index is 466. The predicted octanol–water partition coefficient (Wildman–Crippen LogP) is 0.943. The molecule has 6 nitrogen and oxygen atoms in total. The lowest BCUT2D eigenvalue weighted by atomic mass is 10.3. The first kappa shape index (κ1) is 8.74. The second-order valence-corrected chi connectivity index (χ2v) is 2.69. The monoisotopic (exact) mass is 195 g/mol. The molecule has 0 N–H and O–H groups in total. The van der Waals surface area contributed by atoms with Crippen molar-refractivity contribution in [1.82, 2.24) is 15.4 Å². The van der Waals surface area contributed by atoms with Crippen molar-refractivity contribution in [2.75, 3.05) is 14.2 Å². The van der Waals surface area contributed by atoms with Gasteiger partial charge in [-0.15, -0.1) is 10.2 Å². The van der Waals surface area contributed by atoms with Gasteiger partial charge in [0.2, 0.25) is 11.5 Å². The molecule has 0 aliphatic rings. The lowest BCUT2D eigenvalue weighted by Gasteiger charge is -2.01. The highest BCUT2D eigenvalue weighted by Gasteiger charge is 2.17. The van der Waals surface area contributed by atoms with E-state index in [-0.39, 0.29) is 0 Å². The highest BCUT2D eigenvalue weighted by Crippen LogP contribution is 2.30. The maximum Gasteiger partial charge on any atom is 0.280 e. The van der Waals surface area contributed by atoms with Crippen molar-refractivity contribution in [1.29, 1.82) is 0 Å². The van der Waals surface area contributed by atoms with E-state index in [1.54, 1.807) is 6.92 Å². The average Bonchev–Trinajstić information content (AvgIpc) is 2.60. The summed E-state index contributed by atoms with van der Waals surface area (Å²) in [6, 6.07) is 0. The topological polar surface area (TPSA) is 70.3 Å². The van der Waals surface area contributed by atoms with Crippen molar-refractivity contribution >= 4 is 11.0 Å². The lowest BCUT2D eigenvalue weighted by Crippen LogP contribution is -1.95. The van der Waals surface area contributed by atoms with Crippen LogP contribution in [0.5, 0.6) is 11.8 Å². The first-order valence-corrected chi connectivity index (χ1v) is 3.98. The summed E-state index contributed by atoms with van der Waals surface area (Å²) in [7, 11) is 3.01. The molecule has 0 atom stereocenters. The van der Waals surface area contributed by atoms with Gasteiger partial charge in [0.1, 0.15) is 5.39 Å². The Balaban J connectivity index is 2.81. The second kappa shape index (κ2) is 3.13. The number of fused-ring (bicyclic) bond motifs is 1. The van der Waals surface area contributed by atoms with Crippen LogP contribution in [-0.2, 0) is 0 Å². The van der Waals surface area contributed by atoms with Crippen LogP contribution in [0.4, 0.5) is 0 Å². The summed E-state index contributed by atoms with van der Waals surface area (Å²) in [5.41, 5.74) is 1.15. The van der Waals surface area contributed by atoms with Gasteiger partial charge in [-0.25, -0.2) is 0 Å². The van der Waals surface area contributed by atoms with Crippen LogP contribution in [0.25, 0.3) is 11.0 Å². The van der Waals surface area contributed by atoms with Gasteiger partial charge in [0.15, 0.2) is 0 Å². The molecule has 0 bridgehead atoms. The Labute approximate surface area is 79.8 Å². The minimum Gasteiger partial charge on any atom is -0.479 e. The third-order valence-electron chi connectivity index (χ3n) is 1.89. The first-order chi connectivity index (χ1) is 6.77. The molecule has 0 saturated carbocycles. The maximum atomic E-state index is 5.06. The van der Waals surface area contributed by atoms with Crippen LogP contribution < -0.4 is 9.47 Å². The summed E-state index contributed by atoms with van der Waals surface area (Å²) in [4.78, 5) is 0. The molecule has 2 aromatic heterocycles. The van der Waals surface area contributed by atoms with E-state index in [2.05, 4.69) is 15.4 Å². The average molecular weight is 195 g/mol. The fraction of sp³-hybridized carbons (Fsp3) is 0.375. The Morgan fingerprint density at radius 1 is 1.07 bits per heavy atom. The number of methoxy groups -OCH3 is 2. The van der Waals surface area contributed by atoms with Crippen LogP contribution in [-0.4, -0.2) is 29.6 Å². The van der Waals surface area contributed by atoms with Crippen LogP contribution in [0, 0.1) is 6.92 Å². The normalized spacial score (nSPS) is 10.5. The van der Waals surface area contributed by atoms with Crippen molar-refractivity contribution in [2.24, 2.45) is 0 Å². The third kappa shape index (κ3) is 1.07. The maximum absolute atomic E-state index is 5.06. The quantitative estimate of drug-likeness (QED) is 0.710. The molecule has 74 valence electrons. The van der Waals surface area contributed by atoms with E-state index in [4.69, 9.17) is 14.0 Å². The summed E-state index contributed by atoms with van der Waals surface area (Å²) in [5, 5.41) is 12.1. The molecule has 6 heteroatoms. The van der Waals surface area contributed by atoms with E-state index >= 15 is 0 Å². The molecule has 0 saturated heterocycles. The fourth-order valence-electron chi connectivity index (χ4n) is 1.23. The van der Waals surface area contributed by atoms with E-state index in [0.717, 1.165) is 0 Å². The summed E-state index contributed by atoms with van der Waals surface area (Å²) in [6.45, 7) is 1.80. The molecule has 2 aromatic rings. The van der Waals surface area contributed by atoms with Crippen LogP contribution in [0.3, 0.4) is 0 Å². The number of aryl methyl sites for hydroxylation is 1. The number of ether oxygens (including phenoxy) is 2. The van der Waals surface area contributed by atoms with Crippen LogP contribution in [0.2, 0.25) is 0 Å². The highest BCUT2D eigenvalue weighted by molar-refractivity contribution is 5.87. The van der Waals surface area contributed by atoms with E-state index in [9.17, 15) is 0 Å². The van der Waals surface area contributed by atoms with Crippen molar-refractivity contribution in [3.05, 3.63) is 5.69 Å². The van der Waals surface area contributed by atoms with Gasteiger partial charge >= 0.3 is 0 Å². The second-order valence-electron chi connectivity index (χ2n) is 2.69. The molecule has 2 heterocycles. The third-order valence-corrected chi connectivity index (χ3v) is 1.89. The molecule has 0 aromatic carbocycles. The fourth-order valence-corrected chi connectivity index (χ4v) is 1.23. The largest absolute Gasteiger partial charge is 0.479 e. The minimum absolute atomic E-state index is 0.307. The Morgan fingerprint density at radius 2 is 1.71 bits per heavy atom. The molecular formula is C8H9N3O3. The summed E-state index contributed by atoms with van der Waals surface area (Å²) in [6.07, 6.45) is 0. The molecule has 0 unspecified atom stereocenters. The van der Waals surface area contributed by atoms with Crippen LogP contribution >= 0.6 is 0 Å². The number of aromatic nitrogens is 3. The molecule has 14 heavy (non-hydrogen) atoms. The van der Waals surface area contributed by atoms with Gasteiger partial charge in [0.05, 0.1) is 19.9 Å². The van der Waals surface area contributed by atoms with Crippen LogP contribution in [0.15, 0.2) is 4.52 Å². The number of hydrogen-bond donors (Lipinski definition) is 0. The van der Waals surface area contributed by atoms with Gasteiger partial charge in [-0.2, -0.15) is 0 Å². The molecule has 0 aliphatic carbocycles. The predicted molar refractivity (Wildman–Crippen MR) is 47.4 cm³/mol. The van der Waals surface area contributed by atoms with Gasteiger partial charge in [-0.3, -0.25) is 0 Å². The number of hydrogen-bond acceptors (Lipinski definition) is 6. The number of nitrogens with zero attached hydrogens (tertiary/aromatic N) is 3. The SMILES string of the molecule is COc1nnc(OC)c2c(C)noc12. The molecule has 0 aliphatic heterocycles. The molecule has 0 radical (unpaired) electrons. The molecule has 2 rings (SSSR count). The van der Waals surface area contributed by atoms with Gasteiger partial charge < -0.3 is 14.0 Å². The standard InChI is InChI=1S/C8H9N3O3/c1-4-5-6(14-11-4)8(13-3)10-9-7(5)12-2/h1-3H3. The zero-order valence-electron chi connectivity index (χ0n) is 8.07. The van der Waals surface area contributed by atoms with E-state index < -0.39 is 0 Å². The Kier molecular flexibility index (Phi) is 1.95. The van der Waals surface area contributed by atoms with Crippen molar-refractivity contribution in [3.63, 3.8) is 0 Å². The Hall–Kier alpha value is -1.85. The molecule has 0 amide bonds. The van der Waals surface area contributed by atoms with Gasteiger partial charge in [0.25, 0.3) is 5.88 Å². The smallest absolute Gasteiger partial charge is 0.280 e. The molecular weight excluding hydrogens is 186 g/mol. The van der Waals surface area contributed by atoms with Crippen molar-refractivity contribution in [3.8, 4) is 11.8 Å². The molecule has 0 fully saturated rings. The summed E-state index contributed by atoms with van der Waals surface area (Å²) >= 11 is 0. The lowest BCUT2D eigenvalue weighted by molar-refractivity contribution is 0.361. The van der Waals surface area contributed by atoms with Crippen molar-refractivity contribution < 1.29 is 14.0 Å². The molecule has 0 spiro atoms. The zero-order chi connectivity index (χ0) is 10.1. The summed E-state index contributed by atoms with van der Waals surface area (Å²) in [5.74, 6) is 0.695. The minimum atomic E-state index is 0.307. The first-order valence-electron chi connectivity index (χ1n) is 3.98. The van der Waals surface area contributed by atoms with Gasteiger partial charge in [-0.05, 0) is 6.92 Å². The van der Waals surface area contributed by atoms with Crippen molar-refractivity contribution in [2.45, 2.75) is 6.92 Å². The van der Waals surface area contributed by atoms with Crippen LogP contribution in [0.1, 0.15) is 5.69 Å². The Morgan fingerprint density at radius 3 is 2.36 bits per heavy atom. The number of rotatable bonds is 2. The van der Waals surface area contributed by atoms with Gasteiger partial charge in [0, 0.05) is 0 Å².